The largest absolute Gasteiger partial charge is 0.383 e. The molecule has 0 atom stereocenters. The Labute approximate surface area is 133 Å². The molecule has 0 aliphatic heterocycles. The van der Waals surface area contributed by atoms with E-state index in [-0.39, 0.29) is 11.6 Å². The van der Waals surface area contributed by atoms with E-state index in [4.69, 9.17) is 5.73 Å². The zero-order chi connectivity index (χ0) is 16.4. The molecule has 0 saturated heterocycles. The highest BCUT2D eigenvalue weighted by Crippen LogP contribution is 2.35. The number of aromatic nitrogens is 2. The van der Waals surface area contributed by atoms with Gasteiger partial charge < -0.3 is 5.73 Å². The molecule has 0 aliphatic rings. The van der Waals surface area contributed by atoms with Crippen LogP contribution in [0.25, 0.3) is 22.4 Å². The highest BCUT2D eigenvalue weighted by Gasteiger charge is 2.18. The van der Waals surface area contributed by atoms with Crippen LogP contribution >= 0.6 is 0 Å². The Kier molecular flexibility index (Phi) is 3.73. The fourth-order valence-electron chi connectivity index (χ4n) is 2.58. The molecule has 0 saturated carbocycles. The first kappa shape index (κ1) is 14.7. The minimum atomic E-state index is -0.317. The van der Waals surface area contributed by atoms with E-state index in [0.717, 1.165) is 22.3 Å². The van der Waals surface area contributed by atoms with Gasteiger partial charge in [0.1, 0.15) is 23.3 Å². The molecule has 112 valence electrons. The molecule has 0 radical (unpaired) electrons. The van der Waals surface area contributed by atoms with Crippen LogP contribution in [-0.4, -0.2) is 9.97 Å². The zero-order valence-corrected chi connectivity index (χ0v) is 12.4. The van der Waals surface area contributed by atoms with Gasteiger partial charge in [-0.15, -0.1) is 0 Å². The smallest absolute Gasteiger partial charge is 0.142 e. The Morgan fingerprint density at radius 3 is 2.30 bits per heavy atom. The lowest BCUT2D eigenvalue weighted by molar-refractivity contribution is 0.628. The van der Waals surface area contributed by atoms with Crippen molar-refractivity contribution in [3.05, 3.63) is 65.7 Å². The van der Waals surface area contributed by atoms with Crippen LogP contribution in [0, 0.1) is 24.1 Å². The second kappa shape index (κ2) is 5.85. The van der Waals surface area contributed by atoms with Gasteiger partial charge in [-0.1, -0.05) is 0 Å². The second-order valence-corrected chi connectivity index (χ2v) is 5.08. The maximum absolute atomic E-state index is 13.2. The number of hydrogen-bond acceptors (Lipinski definition) is 4. The number of nitrogens with two attached hydrogens (primary N) is 1. The van der Waals surface area contributed by atoms with Crippen LogP contribution in [0.3, 0.4) is 0 Å². The minimum absolute atomic E-state index is 0.157. The van der Waals surface area contributed by atoms with Gasteiger partial charge in [-0.3, -0.25) is 4.98 Å². The summed E-state index contributed by atoms with van der Waals surface area (Å²) >= 11 is 0. The van der Waals surface area contributed by atoms with Gasteiger partial charge >= 0.3 is 0 Å². The van der Waals surface area contributed by atoms with Crippen LogP contribution in [0.4, 0.5) is 10.2 Å². The molecule has 2 aromatic heterocycles. The monoisotopic (exact) mass is 304 g/mol. The normalized spacial score (nSPS) is 10.3. The van der Waals surface area contributed by atoms with Gasteiger partial charge in [0.2, 0.25) is 0 Å². The molecule has 1 aromatic carbocycles. The minimum Gasteiger partial charge on any atom is -0.383 e. The molecule has 2 heterocycles. The summed E-state index contributed by atoms with van der Waals surface area (Å²) < 4.78 is 13.2. The van der Waals surface area contributed by atoms with Crippen molar-refractivity contribution in [3.8, 4) is 28.5 Å². The van der Waals surface area contributed by atoms with Gasteiger partial charge in [0, 0.05) is 23.5 Å². The van der Waals surface area contributed by atoms with Gasteiger partial charge in [-0.05, 0) is 54.4 Å². The van der Waals surface area contributed by atoms with Crippen LogP contribution in [-0.2, 0) is 0 Å². The lowest BCUT2D eigenvalue weighted by Crippen LogP contribution is -2.03. The fraction of sp³-hybridized carbons (Fsp3) is 0.0556. The summed E-state index contributed by atoms with van der Waals surface area (Å²) in [5.41, 5.74) is 10.1. The van der Waals surface area contributed by atoms with E-state index in [9.17, 15) is 9.65 Å². The third-order valence-electron chi connectivity index (χ3n) is 3.67. The molecule has 3 rings (SSSR count). The van der Waals surface area contributed by atoms with E-state index in [0.29, 0.717) is 11.3 Å². The molecule has 0 fully saturated rings. The number of nitrogen functional groups attached to an aromatic ring is 1. The first-order chi connectivity index (χ1) is 11.1. The summed E-state index contributed by atoms with van der Waals surface area (Å²) in [5, 5.41) is 9.45. The summed E-state index contributed by atoms with van der Waals surface area (Å²) in [6.45, 7) is 1.88. The van der Waals surface area contributed by atoms with Crippen LogP contribution in [0.5, 0.6) is 0 Å². The number of anilines is 1. The Morgan fingerprint density at radius 1 is 1.04 bits per heavy atom. The number of nitrogens with zero attached hydrogens (tertiary/aromatic N) is 3. The molecule has 4 nitrogen and oxygen atoms in total. The Bertz CT molecular complexity index is 897. The fourth-order valence-corrected chi connectivity index (χ4v) is 2.58. The van der Waals surface area contributed by atoms with Crippen LogP contribution in [0.1, 0.15) is 11.1 Å². The number of nitriles is 1. The lowest BCUT2D eigenvalue weighted by atomic mass is 9.93. The van der Waals surface area contributed by atoms with Gasteiger partial charge in [-0.25, -0.2) is 9.37 Å². The maximum atomic E-state index is 13.2. The number of rotatable bonds is 2. The first-order valence-electron chi connectivity index (χ1n) is 6.98. The molecule has 5 heteroatoms. The molecular formula is C18H13FN4. The summed E-state index contributed by atoms with van der Waals surface area (Å²) in [4.78, 5) is 8.34. The van der Waals surface area contributed by atoms with Crippen molar-refractivity contribution in [2.24, 2.45) is 0 Å². The van der Waals surface area contributed by atoms with Crippen LogP contribution in [0.15, 0.2) is 48.8 Å². The number of hydrogen-bond donors (Lipinski definition) is 1. The van der Waals surface area contributed by atoms with Gasteiger partial charge in [0.15, 0.2) is 0 Å². The summed E-state index contributed by atoms with van der Waals surface area (Å²) in [5.74, 6) is -0.161. The average molecular weight is 304 g/mol. The number of benzene rings is 1. The van der Waals surface area contributed by atoms with E-state index in [2.05, 4.69) is 16.0 Å². The van der Waals surface area contributed by atoms with E-state index >= 15 is 0 Å². The quantitative estimate of drug-likeness (QED) is 0.783. The van der Waals surface area contributed by atoms with Crippen molar-refractivity contribution in [1.29, 1.82) is 5.26 Å². The van der Waals surface area contributed by atoms with Crippen molar-refractivity contribution < 1.29 is 4.39 Å². The van der Waals surface area contributed by atoms with Crippen LogP contribution < -0.4 is 5.73 Å². The Morgan fingerprint density at radius 2 is 1.70 bits per heavy atom. The molecule has 0 amide bonds. The number of halogens is 1. The van der Waals surface area contributed by atoms with E-state index < -0.39 is 0 Å². The third-order valence-corrected chi connectivity index (χ3v) is 3.67. The molecule has 0 bridgehead atoms. The summed E-state index contributed by atoms with van der Waals surface area (Å²) in [6, 6.07) is 11.8. The Hall–Kier alpha value is -3.26. The Balaban J connectivity index is 2.31. The molecule has 0 aliphatic carbocycles. The summed E-state index contributed by atoms with van der Waals surface area (Å²) in [7, 11) is 0. The van der Waals surface area contributed by atoms with Gasteiger partial charge in [0.25, 0.3) is 0 Å². The first-order valence-corrected chi connectivity index (χ1v) is 6.98. The molecule has 0 spiro atoms. The van der Waals surface area contributed by atoms with Crippen molar-refractivity contribution in [3.63, 3.8) is 0 Å². The molecule has 23 heavy (non-hydrogen) atoms. The zero-order valence-electron chi connectivity index (χ0n) is 12.4. The maximum Gasteiger partial charge on any atom is 0.142 e. The highest BCUT2D eigenvalue weighted by molar-refractivity contribution is 5.83. The third kappa shape index (κ3) is 2.62. The van der Waals surface area contributed by atoms with Gasteiger partial charge in [-0.2, -0.15) is 5.26 Å². The molecule has 0 unspecified atom stereocenters. The number of pyridine rings is 2. The topological polar surface area (TPSA) is 75.6 Å². The standard InChI is InChI=1S/C18H13FN4/c1-11-16(12-6-8-22-9-7-12)15(10-20)18(21)23-17(11)13-2-4-14(19)5-3-13/h2-9H,1H3,(H2,21,23). The lowest BCUT2D eigenvalue weighted by Gasteiger charge is -2.15. The van der Waals surface area contributed by atoms with E-state index in [1.807, 2.05) is 19.1 Å². The van der Waals surface area contributed by atoms with Crippen molar-refractivity contribution in [1.82, 2.24) is 9.97 Å². The molecule has 2 N–H and O–H groups in total. The highest BCUT2D eigenvalue weighted by atomic mass is 19.1. The van der Waals surface area contributed by atoms with E-state index in [1.54, 1.807) is 24.5 Å². The SMILES string of the molecule is Cc1c(-c2ccc(F)cc2)nc(N)c(C#N)c1-c1ccncc1. The predicted molar refractivity (Wildman–Crippen MR) is 86.7 cm³/mol. The summed E-state index contributed by atoms with van der Waals surface area (Å²) in [6.07, 6.45) is 3.31. The average Bonchev–Trinajstić information content (AvgIpc) is 2.58. The van der Waals surface area contributed by atoms with Crippen molar-refractivity contribution in [2.45, 2.75) is 6.92 Å². The van der Waals surface area contributed by atoms with E-state index in [1.165, 1.54) is 12.1 Å². The van der Waals surface area contributed by atoms with Crippen molar-refractivity contribution in [2.75, 3.05) is 5.73 Å². The molecular weight excluding hydrogens is 291 g/mol. The van der Waals surface area contributed by atoms with Gasteiger partial charge in [0.05, 0.1) is 5.69 Å². The van der Waals surface area contributed by atoms with Crippen molar-refractivity contribution >= 4 is 5.82 Å². The van der Waals surface area contributed by atoms with Crippen LogP contribution in [0.2, 0.25) is 0 Å². The second-order valence-electron chi connectivity index (χ2n) is 5.08. The molecule has 3 aromatic rings. The predicted octanol–water partition coefficient (Wildman–Crippen LogP) is 3.71.